The Kier molecular flexibility index (Phi) is 5.79. The Morgan fingerprint density at radius 2 is 1.91 bits per heavy atom. The van der Waals surface area contributed by atoms with E-state index in [2.05, 4.69) is 24.1 Å². The molecule has 0 aromatic heterocycles. The van der Waals surface area contributed by atoms with Crippen molar-refractivity contribution in [2.75, 3.05) is 26.2 Å². The maximum absolute atomic E-state index is 11.1. The first kappa shape index (κ1) is 17.5. The fraction of sp³-hybridized carbons (Fsp3) is 0.625. The van der Waals surface area contributed by atoms with E-state index in [1.54, 1.807) is 0 Å². The van der Waals surface area contributed by atoms with Crippen LogP contribution in [0.1, 0.15) is 38.3 Å². The predicted octanol–water partition coefficient (Wildman–Crippen LogP) is 2.39. The number of nitrogens with zero attached hydrogens (tertiary/aromatic N) is 2. The summed E-state index contributed by atoms with van der Waals surface area (Å²) in [5.41, 5.74) is 0.249. The zero-order valence-electron chi connectivity index (χ0n) is 13.7. The van der Waals surface area contributed by atoms with Crippen LogP contribution in [-0.4, -0.2) is 46.2 Å². The Bertz CT molecular complexity index is 557. The highest BCUT2D eigenvalue weighted by Gasteiger charge is 2.27. The number of piperazine rings is 1. The van der Waals surface area contributed by atoms with Crippen LogP contribution in [-0.2, 0) is 0 Å². The Morgan fingerprint density at radius 3 is 2.48 bits per heavy atom. The third-order valence-corrected chi connectivity index (χ3v) is 4.28. The van der Waals surface area contributed by atoms with Crippen molar-refractivity contribution in [2.45, 2.75) is 32.7 Å². The number of nitro benzene ring substituents is 1. The van der Waals surface area contributed by atoms with Crippen molar-refractivity contribution < 1.29 is 15.1 Å². The first-order valence-electron chi connectivity index (χ1n) is 8.05. The van der Waals surface area contributed by atoms with Gasteiger partial charge in [-0.05, 0) is 30.4 Å². The van der Waals surface area contributed by atoms with E-state index < -0.39 is 22.1 Å². The van der Waals surface area contributed by atoms with E-state index in [9.17, 15) is 20.3 Å². The van der Waals surface area contributed by atoms with Gasteiger partial charge in [-0.2, -0.15) is 0 Å². The highest BCUT2D eigenvalue weighted by molar-refractivity contribution is 5.57. The molecule has 0 saturated carbocycles. The summed E-state index contributed by atoms with van der Waals surface area (Å²) >= 11 is 0. The molecule has 7 heteroatoms. The number of hydrogen-bond donors (Lipinski definition) is 3. The average molecular weight is 323 g/mol. The molecule has 7 nitrogen and oxygen atoms in total. The highest BCUT2D eigenvalue weighted by Crippen LogP contribution is 2.40. The number of nitrogens with one attached hydrogen (secondary N) is 1. The molecule has 23 heavy (non-hydrogen) atoms. The van der Waals surface area contributed by atoms with Gasteiger partial charge >= 0.3 is 5.69 Å². The summed E-state index contributed by atoms with van der Waals surface area (Å²) < 4.78 is 0. The van der Waals surface area contributed by atoms with E-state index >= 15 is 0 Å². The summed E-state index contributed by atoms with van der Waals surface area (Å²) in [4.78, 5) is 12.7. The lowest BCUT2D eigenvalue weighted by Crippen LogP contribution is -2.45. The SMILES string of the molecule is CC(C)CC[C@H](c1cc(O)c(O)c([N+](=O)[O-])c1)N1CCNCC1. The molecule has 128 valence electrons. The normalized spacial score (nSPS) is 17.3. The van der Waals surface area contributed by atoms with Crippen molar-refractivity contribution in [1.29, 1.82) is 0 Å². The van der Waals surface area contributed by atoms with Crippen LogP contribution in [0.2, 0.25) is 0 Å². The van der Waals surface area contributed by atoms with E-state index in [4.69, 9.17) is 0 Å². The summed E-state index contributed by atoms with van der Waals surface area (Å²) in [7, 11) is 0. The minimum absolute atomic E-state index is 0.00435. The van der Waals surface area contributed by atoms with Gasteiger partial charge in [-0.1, -0.05) is 13.8 Å². The molecule has 1 atom stereocenters. The number of phenols is 2. The largest absolute Gasteiger partial charge is 0.504 e. The summed E-state index contributed by atoms with van der Waals surface area (Å²) in [6.07, 6.45) is 1.85. The zero-order valence-corrected chi connectivity index (χ0v) is 13.7. The van der Waals surface area contributed by atoms with Crippen molar-refractivity contribution in [3.63, 3.8) is 0 Å². The van der Waals surface area contributed by atoms with Gasteiger partial charge < -0.3 is 15.5 Å². The molecule has 0 radical (unpaired) electrons. The molecule has 3 N–H and O–H groups in total. The van der Waals surface area contributed by atoms with Gasteiger partial charge in [-0.15, -0.1) is 0 Å². The van der Waals surface area contributed by atoms with Gasteiger partial charge in [0.05, 0.1) is 4.92 Å². The Balaban J connectivity index is 2.35. The summed E-state index contributed by atoms with van der Waals surface area (Å²) in [6.45, 7) is 7.77. The van der Waals surface area contributed by atoms with Gasteiger partial charge in [0.15, 0.2) is 5.75 Å². The van der Waals surface area contributed by atoms with E-state index in [-0.39, 0.29) is 6.04 Å². The molecule has 0 amide bonds. The Morgan fingerprint density at radius 1 is 1.26 bits per heavy atom. The van der Waals surface area contributed by atoms with Gasteiger partial charge in [-0.3, -0.25) is 15.0 Å². The molecule has 1 heterocycles. The van der Waals surface area contributed by atoms with Gasteiger partial charge in [0.1, 0.15) is 0 Å². The van der Waals surface area contributed by atoms with E-state index in [1.807, 2.05) is 0 Å². The fourth-order valence-electron chi connectivity index (χ4n) is 3.00. The van der Waals surface area contributed by atoms with Crippen molar-refractivity contribution in [1.82, 2.24) is 10.2 Å². The highest BCUT2D eigenvalue weighted by atomic mass is 16.6. The van der Waals surface area contributed by atoms with Gasteiger partial charge in [-0.25, -0.2) is 0 Å². The van der Waals surface area contributed by atoms with Crippen LogP contribution in [0.4, 0.5) is 5.69 Å². The van der Waals surface area contributed by atoms with E-state index in [0.29, 0.717) is 11.5 Å². The van der Waals surface area contributed by atoms with Crippen LogP contribution in [0.25, 0.3) is 0 Å². The first-order valence-corrected chi connectivity index (χ1v) is 8.05. The minimum Gasteiger partial charge on any atom is -0.504 e. The number of nitro groups is 1. The predicted molar refractivity (Wildman–Crippen MR) is 87.7 cm³/mol. The van der Waals surface area contributed by atoms with Crippen molar-refractivity contribution in [2.24, 2.45) is 5.92 Å². The zero-order chi connectivity index (χ0) is 17.0. The van der Waals surface area contributed by atoms with Crippen LogP contribution >= 0.6 is 0 Å². The van der Waals surface area contributed by atoms with E-state index in [0.717, 1.165) is 39.0 Å². The average Bonchev–Trinajstić information content (AvgIpc) is 2.51. The quantitative estimate of drug-likeness (QED) is 0.422. The molecule has 1 fully saturated rings. The number of rotatable bonds is 6. The third kappa shape index (κ3) is 4.33. The second kappa shape index (κ2) is 7.61. The first-order chi connectivity index (χ1) is 10.9. The number of benzene rings is 1. The molecule has 1 aromatic rings. The third-order valence-electron chi connectivity index (χ3n) is 4.28. The number of phenolic OH excluding ortho intramolecular Hbond substituents is 2. The lowest BCUT2D eigenvalue weighted by Gasteiger charge is -2.35. The molecule has 0 bridgehead atoms. The molecule has 1 aromatic carbocycles. The van der Waals surface area contributed by atoms with Crippen LogP contribution in [0.15, 0.2) is 12.1 Å². The second-order valence-corrected chi connectivity index (χ2v) is 6.44. The fourth-order valence-corrected chi connectivity index (χ4v) is 3.00. The Labute approximate surface area is 136 Å². The molecule has 1 aliphatic rings. The van der Waals surface area contributed by atoms with Crippen molar-refractivity contribution >= 4 is 5.69 Å². The topological polar surface area (TPSA) is 98.9 Å². The molecule has 1 aliphatic heterocycles. The lowest BCUT2D eigenvalue weighted by molar-refractivity contribution is -0.386. The molecule has 2 rings (SSSR count). The number of hydrogen-bond acceptors (Lipinski definition) is 6. The van der Waals surface area contributed by atoms with Crippen LogP contribution in [0.3, 0.4) is 0 Å². The molecule has 0 spiro atoms. The monoisotopic (exact) mass is 323 g/mol. The molecule has 0 aliphatic carbocycles. The van der Waals surface area contributed by atoms with Crippen molar-refractivity contribution in [3.8, 4) is 11.5 Å². The molecule has 0 unspecified atom stereocenters. The summed E-state index contributed by atoms with van der Waals surface area (Å²) in [5, 5.41) is 34.0. The van der Waals surface area contributed by atoms with Crippen LogP contribution in [0.5, 0.6) is 11.5 Å². The number of aromatic hydroxyl groups is 2. The summed E-state index contributed by atoms with van der Waals surface area (Å²) in [5.74, 6) is -0.568. The van der Waals surface area contributed by atoms with Gasteiger partial charge in [0.2, 0.25) is 5.75 Å². The van der Waals surface area contributed by atoms with Gasteiger partial charge in [0.25, 0.3) is 0 Å². The maximum atomic E-state index is 11.1. The Hall–Kier alpha value is -1.86. The molecular formula is C16H25N3O4. The smallest absolute Gasteiger partial charge is 0.314 e. The molecular weight excluding hydrogens is 298 g/mol. The standard InChI is InChI=1S/C16H25N3O4/c1-11(2)3-4-13(18-7-5-17-6-8-18)12-9-14(19(22)23)16(21)15(20)10-12/h9-11,13,17,20-21H,3-8H2,1-2H3/t13-/m1/s1. The summed E-state index contributed by atoms with van der Waals surface area (Å²) in [6, 6.07) is 2.85. The molecule has 1 saturated heterocycles. The van der Waals surface area contributed by atoms with E-state index in [1.165, 1.54) is 12.1 Å². The van der Waals surface area contributed by atoms with Crippen LogP contribution < -0.4 is 5.32 Å². The van der Waals surface area contributed by atoms with Gasteiger partial charge in [0, 0.05) is 38.3 Å². The van der Waals surface area contributed by atoms with Crippen LogP contribution in [0, 0.1) is 16.0 Å². The van der Waals surface area contributed by atoms with Crippen molar-refractivity contribution in [3.05, 3.63) is 27.8 Å². The lowest BCUT2D eigenvalue weighted by atomic mass is 9.95. The maximum Gasteiger partial charge on any atom is 0.314 e. The minimum atomic E-state index is -0.665. The second-order valence-electron chi connectivity index (χ2n) is 6.44.